The molecule has 1 aromatic rings. The van der Waals surface area contributed by atoms with Gasteiger partial charge in [-0.05, 0) is 30.5 Å². The van der Waals surface area contributed by atoms with Crippen LogP contribution in [0.4, 0.5) is 15.3 Å². The number of hydrogen-bond acceptors (Lipinski definition) is 4. The highest BCUT2D eigenvalue weighted by molar-refractivity contribution is 5.77. The number of amides is 4. The maximum atomic E-state index is 12.0. The molecular formula is C17H27N5O4. The number of rotatable bonds is 10. The van der Waals surface area contributed by atoms with Gasteiger partial charge in [-0.25, -0.2) is 9.59 Å². The molecule has 0 bridgehead atoms. The Kier molecular flexibility index (Phi) is 9.52. The van der Waals surface area contributed by atoms with Crippen LogP contribution in [-0.4, -0.2) is 30.1 Å². The first kappa shape index (κ1) is 21.2. The van der Waals surface area contributed by atoms with Gasteiger partial charge in [0.25, 0.3) is 5.69 Å². The standard InChI is InChI=1S/C17H27N5O4/c1-3-5-11-18-16(23)20-15(21-17(24)19-12-6-4-2)13-7-9-14(10-8-13)22(25)26/h7-10,15H,3-6,11-12H2,1-2H3,(H2,18,20,23)(H2,19,21,24). The van der Waals surface area contributed by atoms with Crippen LogP contribution in [0.1, 0.15) is 51.3 Å². The number of carbonyl (C=O) groups excluding carboxylic acids is 2. The summed E-state index contributed by atoms with van der Waals surface area (Å²) in [7, 11) is 0. The van der Waals surface area contributed by atoms with Crippen molar-refractivity contribution >= 4 is 17.7 Å². The number of carbonyl (C=O) groups is 2. The summed E-state index contributed by atoms with van der Waals surface area (Å²) in [6.07, 6.45) is 2.79. The zero-order valence-corrected chi connectivity index (χ0v) is 15.2. The van der Waals surface area contributed by atoms with E-state index in [1.807, 2.05) is 13.8 Å². The second kappa shape index (κ2) is 11.7. The third-order valence-electron chi connectivity index (χ3n) is 3.62. The highest BCUT2D eigenvalue weighted by atomic mass is 16.6. The van der Waals surface area contributed by atoms with E-state index >= 15 is 0 Å². The van der Waals surface area contributed by atoms with Crippen molar-refractivity contribution < 1.29 is 14.5 Å². The monoisotopic (exact) mass is 365 g/mol. The molecule has 0 saturated heterocycles. The summed E-state index contributed by atoms with van der Waals surface area (Å²) < 4.78 is 0. The van der Waals surface area contributed by atoms with Crippen molar-refractivity contribution in [3.8, 4) is 0 Å². The molecule has 1 rings (SSSR count). The number of unbranched alkanes of at least 4 members (excludes halogenated alkanes) is 2. The van der Waals surface area contributed by atoms with Gasteiger partial charge < -0.3 is 21.3 Å². The van der Waals surface area contributed by atoms with Crippen LogP contribution in [0.5, 0.6) is 0 Å². The summed E-state index contributed by atoms with van der Waals surface area (Å²) in [5.74, 6) is 0. The normalized spacial score (nSPS) is 10.3. The van der Waals surface area contributed by atoms with E-state index in [1.54, 1.807) is 0 Å². The molecule has 0 atom stereocenters. The molecule has 9 heteroatoms. The third kappa shape index (κ3) is 7.82. The molecule has 0 aliphatic carbocycles. The molecule has 0 radical (unpaired) electrons. The number of non-ortho nitro benzene ring substituents is 1. The molecular weight excluding hydrogens is 338 g/mol. The number of hydrogen-bond donors (Lipinski definition) is 4. The third-order valence-corrected chi connectivity index (χ3v) is 3.62. The molecule has 0 fully saturated rings. The quantitative estimate of drug-likeness (QED) is 0.220. The summed E-state index contributed by atoms with van der Waals surface area (Å²) in [5.41, 5.74) is 0.471. The van der Waals surface area contributed by atoms with E-state index in [-0.39, 0.29) is 5.69 Å². The van der Waals surface area contributed by atoms with Crippen LogP contribution in [-0.2, 0) is 0 Å². The molecule has 1 aromatic carbocycles. The van der Waals surface area contributed by atoms with Crippen molar-refractivity contribution in [2.75, 3.05) is 13.1 Å². The first-order valence-corrected chi connectivity index (χ1v) is 8.81. The minimum Gasteiger partial charge on any atom is -0.338 e. The van der Waals surface area contributed by atoms with Crippen LogP contribution in [0.25, 0.3) is 0 Å². The summed E-state index contributed by atoms with van der Waals surface area (Å²) in [6, 6.07) is 4.82. The van der Waals surface area contributed by atoms with Crippen molar-refractivity contribution in [3.63, 3.8) is 0 Å². The van der Waals surface area contributed by atoms with Crippen molar-refractivity contribution in [2.24, 2.45) is 0 Å². The molecule has 0 saturated carbocycles. The van der Waals surface area contributed by atoms with Gasteiger partial charge in [-0.3, -0.25) is 10.1 Å². The Hall–Kier alpha value is -2.84. The zero-order valence-electron chi connectivity index (χ0n) is 15.2. The Morgan fingerprint density at radius 1 is 0.962 bits per heavy atom. The average molecular weight is 365 g/mol. The number of benzene rings is 1. The van der Waals surface area contributed by atoms with E-state index in [0.29, 0.717) is 18.7 Å². The Morgan fingerprint density at radius 3 is 1.81 bits per heavy atom. The van der Waals surface area contributed by atoms with Crippen molar-refractivity contribution in [1.29, 1.82) is 0 Å². The van der Waals surface area contributed by atoms with Gasteiger partial charge in [-0.1, -0.05) is 26.7 Å². The largest absolute Gasteiger partial charge is 0.338 e. The highest BCUT2D eigenvalue weighted by Crippen LogP contribution is 2.16. The minimum atomic E-state index is -0.806. The van der Waals surface area contributed by atoms with E-state index in [0.717, 1.165) is 25.7 Å². The van der Waals surface area contributed by atoms with Gasteiger partial charge in [0.05, 0.1) is 4.92 Å². The lowest BCUT2D eigenvalue weighted by molar-refractivity contribution is -0.384. The topological polar surface area (TPSA) is 125 Å². The number of urea groups is 2. The molecule has 0 aliphatic heterocycles. The Morgan fingerprint density at radius 2 is 1.42 bits per heavy atom. The van der Waals surface area contributed by atoms with Gasteiger partial charge in [-0.15, -0.1) is 0 Å². The Labute approximate surface area is 153 Å². The number of nitro benzene ring substituents is 1. The van der Waals surface area contributed by atoms with Gasteiger partial charge in [-0.2, -0.15) is 0 Å². The second-order valence-corrected chi connectivity index (χ2v) is 5.79. The fourth-order valence-corrected chi connectivity index (χ4v) is 2.11. The Bertz CT molecular complexity index is 567. The van der Waals surface area contributed by atoms with E-state index in [4.69, 9.17) is 0 Å². The van der Waals surface area contributed by atoms with E-state index in [9.17, 15) is 19.7 Å². The molecule has 9 nitrogen and oxygen atoms in total. The van der Waals surface area contributed by atoms with Crippen LogP contribution in [0.3, 0.4) is 0 Å². The summed E-state index contributed by atoms with van der Waals surface area (Å²) in [5, 5.41) is 21.5. The van der Waals surface area contributed by atoms with Crippen molar-refractivity contribution in [3.05, 3.63) is 39.9 Å². The Balaban J connectivity index is 2.78. The molecule has 0 aliphatic rings. The second-order valence-electron chi connectivity index (χ2n) is 5.79. The van der Waals surface area contributed by atoms with E-state index in [1.165, 1.54) is 24.3 Å². The maximum Gasteiger partial charge on any atom is 0.316 e. The summed E-state index contributed by atoms with van der Waals surface area (Å²) in [4.78, 5) is 34.3. The molecule has 26 heavy (non-hydrogen) atoms. The van der Waals surface area contributed by atoms with Gasteiger partial charge in [0.15, 0.2) is 0 Å². The maximum absolute atomic E-state index is 12.0. The number of nitro groups is 1. The van der Waals surface area contributed by atoms with Gasteiger partial charge in [0, 0.05) is 25.2 Å². The summed E-state index contributed by atoms with van der Waals surface area (Å²) >= 11 is 0. The lowest BCUT2D eigenvalue weighted by Gasteiger charge is -2.21. The molecule has 0 heterocycles. The fraction of sp³-hybridized carbons (Fsp3) is 0.529. The molecule has 4 N–H and O–H groups in total. The first-order valence-electron chi connectivity index (χ1n) is 8.81. The van der Waals surface area contributed by atoms with Gasteiger partial charge in [0.2, 0.25) is 0 Å². The van der Waals surface area contributed by atoms with Gasteiger partial charge >= 0.3 is 12.1 Å². The van der Waals surface area contributed by atoms with Crippen molar-refractivity contribution in [2.45, 2.75) is 45.7 Å². The van der Waals surface area contributed by atoms with Crippen LogP contribution < -0.4 is 21.3 Å². The number of nitrogens with one attached hydrogen (secondary N) is 4. The molecule has 144 valence electrons. The van der Waals surface area contributed by atoms with E-state index < -0.39 is 23.2 Å². The molecule has 0 unspecified atom stereocenters. The first-order chi connectivity index (χ1) is 12.5. The van der Waals surface area contributed by atoms with Crippen LogP contribution in [0.15, 0.2) is 24.3 Å². The SMILES string of the molecule is CCCCNC(=O)NC(NC(=O)NCCCC)c1ccc([N+](=O)[O-])cc1. The lowest BCUT2D eigenvalue weighted by atomic mass is 10.1. The average Bonchev–Trinajstić information content (AvgIpc) is 2.61. The molecule has 4 amide bonds. The van der Waals surface area contributed by atoms with Crippen LogP contribution in [0.2, 0.25) is 0 Å². The van der Waals surface area contributed by atoms with Crippen molar-refractivity contribution in [1.82, 2.24) is 21.3 Å². The predicted octanol–water partition coefficient (Wildman–Crippen LogP) is 2.79. The highest BCUT2D eigenvalue weighted by Gasteiger charge is 2.18. The van der Waals surface area contributed by atoms with Crippen LogP contribution >= 0.6 is 0 Å². The lowest BCUT2D eigenvalue weighted by Crippen LogP contribution is -2.48. The fourth-order valence-electron chi connectivity index (χ4n) is 2.11. The van der Waals surface area contributed by atoms with E-state index in [2.05, 4.69) is 21.3 Å². The zero-order chi connectivity index (χ0) is 19.4. The smallest absolute Gasteiger partial charge is 0.316 e. The van der Waals surface area contributed by atoms with Crippen LogP contribution in [0, 0.1) is 10.1 Å². The number of nitrogens with zero attached hydrogens (tertiary/aromatic N) is 1. The molecule has 0 spiro atoms. The molecule has 0 aromatic heterocycles. The predicted molar refractivity (Wildman–Crippen MR) is 98.7 cm³/mol. The van der Waals surface area contributed by atoms with Gasteiger partial charge in [0.1, 0.15) is 6.17 Å². The summed E-state index contributed by atoms with van der Waals surface area (Å²) in [6.45, 7) is 5.08. The minimum absolute atomic E-state index is 0.0627.